The van der Waals surface area contributed by atoms with E-state index in [-0.39, 0.29) is 5.41 Å². The number of hydrogen-bond donors (Lipinski definition) is 0. The van der Waals surface area contributed by atoms with Gasteiger partial charge < -0.3 is 4.90 Å². The molecule has 0 amide bonds. The highest BCUT2D eigenvalue weighted by molar-refractivity contribution is 5.19. The highest BCUT2D eigenvalue weighted by atomic mass is 15.1. The first-order chi connectivity index (χ1) is 5.54. The Kier molecular flexibility index (Phi) is 2.41. The zero-order valence-electron chi connectivity index (χ0n) is 8.17. The Labute approximate surface area is 75.1 Å². The van der Waals surface area contributed by atoms with E-state index < -0.39 is 0 Å². The van der Waals surface area contributed by atoms with Gasteiger partial charge >= 0.3 is 0 Å². The fourth-order valence-electron chi connectivity index (χ4n) is 1.30. The molecule has 0 spiro atoms. The van der Waals surface area contributed by atoms with Crippen LogP contribution >= 0.6 is 0 Å². The summed E-state index contributed by atoms with van der Waals surface area (Å²) >= 11 is 0. The van der Waals surface area contributed by atoms with Crippen LogP contribution in [0.15, 0.2) is 36.7 Å². The fraction of sp³-hybridized carbons (Fsp3) is 0.455. The van der Waals surface area contributed by atoms with Crippen molar-refractivity contribution in [2.75, 3.05) is 7.05 Å². The Hall–Kier alpha value is -0.980. The lowest BCUT2D eigenvalue weighted by atomic mass is 9.88. The Morgan fingerprint density at radius 2 is 2.08 bits per heavy atom. The number of allylic oxidation sites excluding steroid dienone is 3. The SMILES string of the molecule is C=C1N(C)/C=C\C/C=C\C1(C)C. The third-order valence-corrected chi connectivity index (χ3v) is 2.31. The molecule has 0 radical (unpaired) electrons. The van der Waals surface area contributed by atoms with Crippen molar-refractivity contribution in [3.05, 3.63) is 36.7 Å². The molecule has 0 atom stereocenters. The minimum atomic E-state index is 0.0828. The molecule has 0 aromatic carbocycles. The molecule has 0 fully saturated rings. The zero-order chi connectivity index (χ0) is 9.19. The maximum absolute atomic E-state index is 4.07. The van der Waals surface area contributed by atoms with Gasteiger partial charge in [-0.2, -0.15) is 0 Å². The second kappa shape index (κ2) is 3.18. The summed E-state index contributed by atoms with van der Waals surface area (Å²) < 4.78 is 0. The zero-order valence-corrected chi connectivity index (χ0v) is 8.17. The quantitative estimate of drug-likeness (QED) is 0.496. The van der Waals surface area contributed by atoms with Crippen molar-refractivity contribution in [3.63, 3.8) is 0 Å². The monoisotopic (exact) mass is 163 g/mol. The molecule has 1 aliphatic heterocycles. The molecule has 1 rings (SSSR count). The highest BCUT2D eigenvalue weighted by Gasteiger charge is 2.20. The van der Waals surface area contributed by atoms with Crippen LogP contribution in [0.3, 0.4) is 0 Å². The smallest absolute Gasteiger partial charge is 0.0222 e. The highest BCUT2D eigenvalue weighted by Crippen LogP contribution is 2.29. The molecule has 0 aromatic rings. The van der Waals surface area contributed by atoms with Crippen LogP contribution in [0, 0.1) is 5.41 Å². The van der Waals surface area contributed by atoms with Gasteiger partial charge in [0, 0.05) is 18.2 Å². The van der Waals surface area contributed by atoms with E-state index in [9.17, 15) is 0 Å². The van der Waals surface area contributed by atoms with Crippen LogP contribution in [-0.2, 0) is 0 Å². The van der Waals surface area contributed by atoms with Gasteiger partial charge in [0.15, 0.2) is 0 Å². The molecule has 0 N–H and O–H groups in total. The maximum Gasteiger partial charge on any atom is 0.0222 e. The van der Waals surface area contributed by atoms with Crippen molar-refractivity contribution in [3.8, 4) is 0 Å². The van der Waals surface area contributed by atoms with Gasteiger partial charge in [0.1, 0.15) is 0 Å². The molecule has 0 aromatic heterocycles. The molecule has 0 bridgehead atoms. The van der Waals surface area contributed by atoms with Gasteiger partial charge in [-0.1, -0.05) is 38.7 Å². The summed E-state index contributed by atoms with van der Waals surface area (Å²) in [5.74, 6) is 0. The van der Waals surface area contributed by atoms with Crippen LogP contribution in [0.25, 0.3) is 0 Å². The van der Waals surface area contributed by atoms with Gasteiger partial charge in [0.25, 0.3) is 0 Å². The van der Waals surface area contributed by atoms with Crippen LogP contribution in [0.5, 0.6) is 0 Å². The summed E-state index contributed by atoms with van der Waals surface area (Å²) in [7, 11) is 2.04. The van der Waals surface area contributed by atoms with Crippen LogP contribution in [0.2, 0.25) is 0 Å². The third kappa shape index (κ3) is 1.79. The standard InChI is InChI=1S/C11H17N/c1-10-11(2,3)8-6-5-7-9-12(10)4/h6-9H,1,5H2,2-4H3/b8-6-,9-7-. The second-order valence-corrected chi connectivity index (χ2v) is 3.80. The summed E-state index contributed by atoms with van der Waals surface area (Å²) in [6.07, 6.45) is 9.63. The average Bonchev–Trinajstić information content (AvgIpc) is 2.00. The Balaban J connectivity index is 2.92. The summed E-state index contributed by atoms with van der Waals surface area (Å²) in [6.45, 7) is 8.44. The van der Waals surface area contributed by atoms with Crippen molar-refractivity contribution in [1.82, 2.24) is 4.90 Å². The molecule has 0 saturated carbocycles. The number of nitrogens with zero attached hydrogens (tertiary/aromatic N) is 1. The maximum atomic E-state index is 4.07. The van der Waals surface area contributed by atoms with Crippen molar-refractivity contribution >= 4 is 0 Å². The predicted octanol–water partition coefficient (Wildman–Crippen LogP) is 2.93. The average molecular weight is 163 g/mol. The molecule has 1 nitrogen and oxygen atoms in total. The first-order valence-corrected chi connectivity index (χ1v) is 4.30. The lowest BCUT2D eigenvalue weighted by molar-refractivity contribution is 0.414. The van der Waals surface area contributed by atoms with Crippen LogP contribution in [-0.4, -0.2) is 11.9 Å². The van der Waals surface area contributed by atoms with Crippen LogP contribution in [0.4, 0.5) is 0 Å². The molecular formula is C11H17N. The van der Waals surface area contributed by atoms with Gasteiger partial charge in [-0.05, 0) is 12.6 Å². The van der Waals surface area contributed by atoms with E-state index in [1.54, 1.807) is 0 Å². The molecule has 0 saturated heterocycles. The molecule has 12 heavy (non-hydrogen) atoms. The van der Waals surface area contributed by atoms with Crippen LogP contribution < -0.4 is 0 Å². The Morgan fingerprint density at radius 3 is 2.75 bits per heavy atom. The second-order valence-electron chi connectivity index (χ2n) is 3.80. The van der Waals surface area contributed by atoms with Crippen LogP contribution in [0.1, 0.15) is 20.3 Å². The summed E-state index contributed by atoms with van der Waals surface area (Å²) in [6, 6.07) is 0. The van der Waals surface area contributed by atoms with Gasteiger partial charge in [-0.25, -0.2) is 0 Å². The first-order valence-electron chi connectivity index (χ1n) is 4.30. The fourth-order valence-corrected chi connectivity index (χ4v) is 1.30. The van der Waals surface area contributed by atoms with E-state index >= 15 is 0 Å². The molecule has 1 aliphatic rings. The lowest BCUT2D eigenvalue weighted by Gasteiger charge is -2.30. The van der Waals surface area contributed by atoms with E-state index in [1.807, 2.05) is 7.05 Å². The summed E-state index contributed by atoms with van der Waals surface area (Å²) in [4.78, 5) is 2.09. The largest absolute Gasteiger partial charge is 0.354 e. The van der Waals surface area contributed by atoms with Gasteiger partial charge in [-0.3, -0.25) is 0 Å². The van der Waals surface area contributed by atoms with Gasteiger partial charge in [-0.15, -0.1) is 0 Å². The molecule has 0 aliphatic carbocycles. The molecule has 0 unspecified atom stereocenters. The van der Waals surface area contributed by atoms with Crippen molar-refractivity contribution < 1.29 is 0 Å². The molecule has 1 heteroatoms. The van der Waals surface area contributed by atoms with Crippen molar-refractivity contribution in [1.29, 1.82) is 0 Å². The van der Waals surface area contributed by atoms with Gasteiger partial charge in [0.2, 0.25) is 0 Å². The van der Waals surface area contributed by atoms with E-state index in [4.69, 9.17) is 0 Å². The predicted molar refractivity (Wildman–Crippen MR) is 53.6 cm³/mol. The topological polar surface area (TPSA) is 3.24 Å². The number of rotatable bonds is 0. The normalized spacial score (nSPS) is 27.6. The first kappa shape index (κ1) is 9.11. The van der Waals surface area contributed by atoms with E-state index in [0.717, 1.165) is 12.1 Å². The van der Waals surface area contributed by atoms with Crippen molar-refractivity contribution in [2.24, 2.45) is 5.41 Å². The minimum Gasteiger partial charge on any atom is -0.354 e. The van der Waals surface area contributed by atoms with Gasteiger partial charge in [0.05, 0.1) is 0 Å². The molecule has 1 heterocycles. The van der Waals surface area contributed by atoms with E-state index in [1.165, 1.54) is 0 Å². The van der Waals surface area contributed by atoms with E-state index in [2.05, 4.69) is 49.8 Å². The number of hydrogen-bond acceptors (Lipinski definition) is 1. The van der Waals surface area contributed by atoms with E-state index in [0.29, 0.717) is 0 Å². The summed E-state index contributed by atoms with van der Waals surface area (Å²) in [5, 5.41) is 0. The summed E-state index contributed by atoms with van der Waals surface area (Å²) in [5.41, 5.74) is 1.22. The van der Waals surface area contributed by atoms with Crippen molar-refractivity contribution in [2.45, 2.75) is 20.3 Å². The lowest BCUT2D eigenvalue weighted by Crippen LogP contribution is -2.23. The Bertz CT molecular complexity index is 233. The molecular weight excluding hydrogens is 146 g/mol. The third-order valence-electron chi connectivity index (χ3n) is 2.31. The Morgan fingerprint density at radius 1 is 1.42 bits per heavy atom. The minimum absolute atomic E-state index is 0.0828. The molecule has 66 valence electrons.